The van der Waals surface area contributed by atoms with Crippen LogP contribution in [0.25, 0.3) is 10.9 Å². The summed E-state index contributed by atoms with van der Waals surface area (Å²) in [5.74, 6) is 0.132. The number of halogens is 1. The molecular formula is C16H20FNO3. The molecule has 5 heteroatoms. The van der Waals surface area contributed by atoms with Gasteiger partial charge in [0.2, 0.25) is 0 Å². The lowest BCUT2D eigenvalue weighted by Gasteiger charge is -2.21. The van der Waals surface area contributed by atoms with Crippen molar-refractivity contribution in [2.75, 3.05) is 6.61 Å². The highest BCUT2D eigenvalue weighted by molar-refractivity contribution is 5.92. The van der Waals surface area contributed by atoms with Crippen LogP contribution in [0, 0.1) is 12.7 Å². The number of aromatic nitrogens is 1. The average Bonchev–Trinajstić information content (AvgIpc) is 2.61. The Kier molecular flexibility index (Phi) is 3.94. The van der Waals surface area contributed by atoms with E-state index in [1.807, 2.05) is 20.8 Å². The second-order valence-electron chi connectivity index (χ2n) is 5.83. The Morgan fingerprint density at radius 3 is 2.57 bits per heavy atom. The summed E-state index contributed by atoms with van der Waals surface area (Å²) >= 11 is 0. The molecule has 0 aliphatic heterocycles. The van der Waals surface area contributed by atoms with Gasteiger partial charge in [-0.1, -0.05) is 0 Å². The molecule has 21 heavy (non-hydrogen) atoms. The lowest BCUT2D eigenvalue weighted by molar-refractivity contribution is 0.131. The summed E-state index contributed by atoms with van der Waals surface area (Å²) in [6.07, 6.45) is -0.576. The molecule has 0 aliphatic rings. The van der Waals surface area contributed by atoms with Gasteiger partial charge >= 0.3 is 6.09 Å². The zero-order valence-corrected chi connectivity index (χ0v) is 13.0. The first kappa shape index (κ1) is 15.4. The summed E-state index contributed by atoms with van der Waals surface area (Å²) in [6.45, 7) is 9.26. The second-order valence-corrected chi connectivity index (χ2v) is 5.83. The molecular weight excluding hydrogens is 273 g/mol. The summed E-state index contributed by atoms with van der Waals surface area (Å²) in [4.78, 5) is 11.9. The van der Waals surface area contributed by atoms with Gasteiger partial charge in [0.25, 0.3) is 0 Å². The van der Waals surface area contributed by atoms with Crippen molar-refractivity contribution in [3.63, 3.8) is 0 Å². The maximum absolute atomic E-state index is 14.3. The first-order valence-corrected chi connectivity index (χ1v) is 6.91. The SMILES string of the molecule is CCOC(=O)n1c(C)c(F)c2cc(OC(C)(C)C)ccc21. The third-order valence-electron chi connectivity index (χ3n) is 2.97. The molecule has 1 aromatic heterocycles. The van der Waals surface area contributed by atoms with Gasteiger partial charge in [0.05, 0.1) is 17.8 Å². The molecule has 0 bridgehead atoms. The lowest BCUT2D eigenvalue weighted by Crippen LogP contribution is -2.22. The van der Waals surface area contributed by atoms with E-state index in [4.69, 9.17) is 9.47 Å². The summed E-state index contributed by atoms with van der Waals surface area (Å²) < 4.78 is 26.3. The van der Waals surface area contributed by atoms with Crippen LogP contribution >= 0.6 is 0 Å². The summed E-state index contributed by atoms with van der Waals surface area (Å²) in [7, 11) is 0. The monoisotopic (exact) mass is 293 g/mol. The molecule has 0 unspecified atom stereocenters. The molecule has 0 amide bonds. The molecule has 0 saturated carbocycles. The van der Waals surface area contributed by atoms with Crippen molar-refractivity contribution in [2.45, 2.75) is 40.2 Å². The maximum Gasteiger partial charge on any atom is 0.418 e. The second kappa shape index (κ2) is 5.39. The fraction of sp³-hybridized carbons (Fsp3) is 0.438. The Morgan fingerprint density at radius 1 is 1.33 bits per heavy atom. The molecule has 4 nitrogen and oxygen atoms in total. The van der Waals surface area contributed by atoms with Gasteiger partial charge in [-0.2, -0.15) is 0 Å². The normalized spacial score (nSPS) is 11.7. The van der Waals surface area contributed by atoms with Crippen molar-refractivity contribution in [2.24, 2.45) is 0 Å². The number of carbonyl (C=O) groups excluding carboxylic acids is 1. The minimum absolute atomic E-state index is 0.233. The molecule has 0 saturated heterocycles. The van der Waals surface area contributed by atoms with E-state index in [2.05, 4.69) is 0 Å². The van der Waals surface area contributed by atoms with Gasteiger partial charge in [0, 0.05) is 5.39 Å². The predicted octanol–water partition coefficient (Wildman–Crippen LogP) is 4.27. The number of rotatable bonds is 2. The fourth-order valence-electron chi connectivity index (χ4n) is 2.20. The number of hydrogen-bond acceptors (Lipinski definition) is 3. The van der Waals surface area contributed by atoms with Crippen LogP contribution in [-0.4, -0.2) is 22.9 Å². The van der Waals surface area contributed by atoms with Crippen LogP contribution in [0.4, 0.5) is 9.18 Å². The molecule has 0 spiro atoms. The molecule has 2 aromatic rings. The third kappa shape index (κ3) is 3.01. The summed E-state index contributed by atoms with van der Waals surface area (Å²) in [6, 6.07) is 5.00. The quantitative estimate of drug-likeness (QED) is 0.830. The van der Waals surface area contributed by atoms with E-state index in [-0.39, 0.29) is 17.9 Å². The Labute approximate surface area is 123 Å². The number of ether oxygens (including phenoxy) is 2. The summed E-state index contributed by atoms with van der Waals surface area (Å²) in [5, 5.41) is 0.349. The van der Waals surface area contributed by atoms with E-state index in [0.29, 0.717) is 16.7 Å². The van der Waals surface area contributed by atoms with Crippen molar-refractivity contribution in [3.8, 4) is 5.75 Å². The smallest absolute Gasteiger partial charge is 0.418 e. The average molecular weight is 293 g/mol. The Hall–Kier alpha value is -2.04. The van der Waals surface area contributed by atoms with Crippen LogP contribution in [0.5, 0.6) is 5.75 Å². The minimum atomic E-state index is -0.576. The third-order valence-corrected chi connectivity index (χ3v) is 2.97. The van der Waals surface area contributed by atoms with Crippen molar-refractivity contribution in [3.05, 3.63) is 29.7 Å². The van der Waals surface area contributed by atoms with Crippen LogP contribution < -0.4 is 4.74 Å². The van der Waals surface area contributed by atoms with Gasteiger partial charge in [0.1, 0.15) is 11.4 Å². The van der Waals surface area contributed by atoms with Gasteiger partial charge in [-0.25, -0.2) is 13.8 Å². The molecule has 0 atom stereocenters. The van der Waals surface area contributed by atoms with Crippen molar-refractivity contribution in [1.29, 1.82) is 0 Å². The van der Waals surface area contributed by atoms with Crippen LogP contribution in [-0.2, 0) is 4.74 Å². The van der Waals surface area contributed by atoms with Gasteiger partial charge in [-0.3, -0.25) is 0 Å². The molecule has 1 aromatic carbocycles. The topological polar surface area (TPSA) is 40.5 Å². The Balaban J connectivity index is 2.55. The van der Waals surface area contributed by atoms with E-state index < -0.39 is 11.9 Å². The van der Waals surface area contributed by atoms with Gasteiger partial charge < -0.3 is 9.47 Å². The van der Waals surface area contributed by atoms with E-state index in [9.17, 15) is 9.18 Å². The molecule has 0 aliphatic carbocycles. The van der Waals surface area contributed by atoms with E-state index in [1.54, 1.807) is 32.0 Å². The van der Waals surface area contributed by atoms with E-state index in [0.717, 1.165) is 0 Å². The zero-order valence-electron chi connectivity index (χ0n) is 13.0. The largest absolute Gasteiger partial charge is 0.488 e. The van der Waals surface area contributed by atoms with Crippen LogP contribution in [0.3, 0.4) is 0 Å². The number of carbonyl (C=O) groups is 1. The number of fused-ring (bicyclic) bond motifs is 1. The van der Waals surface area contributed by atoms with Crippen LogP contribution in [0.1, 0.15) is 33.4 Å². The first-order chi connectivity index (χ1) is 9.74. The van der Waals surface area contributed by atoms with Gasteiger partial charge in [0.15, 0.2) is 5.82 Å². The minimum Gasteiger partial charge on any atom is -0.488 e. The Morgan fingerprint density at radius 2 is 2.00 bits per heavy atom. The Bertz CT molecular complexity index is 683. The predicted molar refractivity (Wildman–Crippen MR) is 79.4 cm³/mol. The molecule has 2 rings (SSSR count). The highest BCUT2D eigenvalue weighted by atomic mass is 19.1. The first-order valence-electron chi connectivity index (χ1n) is 6.91. The van der Waals surface area contributed by atoms with E-state index >= 15 is 0 Å². The van der Waals surface area contributed by atoms with Crippen molar-refractivity contribution < 1.29 is 18.7 Å². The molecule has 114 valence electrons. The fourth-order valence-corrected chi connectivity index (χ4v) is 2.20. The highest BCUT2D eigenvalue weighted by Gasteiger charge is 2.21. The molecule has 0 N–H and O–H groups in total. The van der Waals surface area contributed by atoms with Gasteiger partial charge in [-0.15, -0.1) is 0 Å². The van der Waals surface area contributed by atoms with Crippen LogP contribution in [0.15, 0.2) is 18.2 Å². The number of benzene rings is 1. The van der Waals surface area contributed by atoms with Gasteiger partial charge in [-0.05, 0) is 52.8 Å². The standard InChI is InChI=1S/C16H20FNO3/c1-6-20-15(19)18-10(2)14(17)12-9-11(7-8-13(12)18)21-16(3,4)5/h7-9H,6H2,1-5H3. The highest BCUT2D eigenvalue weighted by Crippen LogP contribution is 2.29. The van der Waals surface area contributed by atoms with Crippen molar-refractivity contribution in [1.82, 2.24) is 4.57 Å². The van der Waals surface area contributed by atoms with E-state index in [1.165, 1.54) is 4.57 Å². The number of nitrogens with zero attached hydrogens (tertiary/aromatic N) is 1. The lowest BCUT2D eigenvalue weighted by atomic mass is 10.2. The van der Waals surface area contributed by atoms with Crippen molar-refractivity contribution >= 4 is 17.0 Å². The maximum atomic E-state index is 14.3. The molecule has 0 radical (unpaired) electrons. The molecule has 1 heterocycles. The summed E-state index contributed by atoms with van der Waals surface area (Å²) in [5.41, 5.74) is 0.337. The molecule has 0 fully saturated rings. The van der Waals surface area contributed by atoms with Crippen LogP contribution in [0.2, 0.25) is 0 Å². The zero-order chi connectivity index (χ0) is 15.8. The number of hydrogen-bond donors (Lipinski definition) is 0.